The third-order valence-corrected chi connectivity index (χ3v) is 5.74. The lowest BCUT2D eigenvalue weighted by Gasteiger charge is -2.47. The zero-order chi connectivity index (χ0) is 25.8. The first kappa shape index (κ1) is 28.7. The average molecular weight is 499 g/mol. The number of aliphatic hydroxyl groups is 7. The normalized spacial score (nSPS) is 40.3. The highest BCUT2D eigenvalue weighted by Crippen LogP contribution is 2.35. The molecule has 2 rings (SSSR count). The lowest BCUT2D eigenvalue weighted by molar-refractivity contribution is -0.337. The minimum absolute atomic E-state index is 0.619. The van der Waals surface area contributed by atoms with Gasteiger partial charge in [-0.2, -0.15) is 0 Å². The van der Waals surface area contributed by atoms with Crippen molar-refractivity contribution in [1.82, 2.24) is 5.32 Å². The fraction of sp³-hybridized carbons (Fsp3) is 0.895. The Kier molecular flexibility index (Phi) is 10.1. The summed E-state index contributed by atoms with van der Waals surface area (Å²) in [5, 5.41) is 72.8. The highest BCUT2D eigenvalue weighted by molar-refractivity contribution is 5.78. The van der Waals surface area contributed by atoms with E-state index in [-0.39, 0.29) is 0 Å². The first-order chi connectivity index (χ1) is 15.9. The van der Waals surface area contributed by atoms with Gasteiger partial charge in [-0.3, -0.25) is 4.79 Å². The minimum atomic E-state index is -2.42. The van der Waals surface area contributed by atoms with Crippen LogP contribution < -0.4 is 5.32 Å². The number of hydrogen-bond acceptors (Lipinski definition) is 14. The second-order valence-corrected chi connectivity index (χ2v) is 8.13. The number of carbonyl (C=O) groups excluding carboxylic acids is 2. The number of ether oxygens (including phenoxy) is 5. The fourth-order valence-electron chi connectivity index (χ4n) is 3.89. The van der Waals surface area contributed by atoms with Crippen molar-refractivity contribution >= 4 is 11.9 Å². The van der Waals surface area contributed by atoms with E-state index in [1.807, 2.05) is 0 Å². The van der Waals surface area contributed by atoms with Gasteiger partial charge in [0.15, 0.2) is 6.29 Å². The Hall–Kier alpha value is -1.50. The number of esters is 1. The predicted octanol–water partition coefficient (Wildman–Crippen LogP) is -5.31. The first-order valence-corrected chi connectivity index (χ1v) is 10.5. The van der Waals surface area contributed by atoms with Crippen molar-refractivity contribution in [2.45, 2.75) is 80.3 Å². The third-order valence-electron chi connectivity index (χ3n) is 5.74. The Morgan fingerprint density at radius 3 is 2.29 bits per heavy atom. The van der Waals surface area contributed by atoms with Gasteiger partial charge >= 0.3 is 5.97 Å². The number of carbonyl (C=O) groups is 2. The molecule has 0 aromatic carbocycles. The fourth-order valence-corrected chi connectivity index (χ4v) is 3.89. The Morgan fingerprint density at radius 1 is 1.12 bits per heavy atom. The molecule has 2 fully saturated rings. The predicted molar refractivity (Wildman–Crippen MR) is 107 cm³/mol. The molecule has 198 valence electrons. The van der Waals surface area contributed by atoms with Crippen molar-refractivity contribution in [2.75, 3.05) is 27.4 Å². The highest BCUT2D eigenvalue weighted by Gasteiger charge is 2.57. The molecule has 0 bridgehead atoms. The molecule has 2 heterocycles. The molecule has 0 radical (unpaired) electrons. The molecule has 2 saturated heterocycles. The van der Waals surface area contributed by atoms with Crippen LogP contribution in [0.1, 0.15) is 13.3 Å². The second-order valence-electron chi connectivity index (χ2n) is 8.13. The van der Waals surface area contributed by atoms with E-state index >= 15 is 0 Å². The van der Waals surface area contributed by atoms with Crippen molar-refractivity contribution in [3.05, 3.63) is 0 Å². The highest BCUT2D eigenvalue weighted by atomic mass is 16.8. The summed E-state index contributed by atoms with van der Waals surface area (Å²) in [6.45, 7) is -0.426. The van der Waals surface area contributed by atoms with Crippen LogP contribution in [-0.2, 0) is 33.3 Å². The molecule has 0 aromatic heterocycles. The summed E-state index contributed by atoms with van der Waals surface area (Å²) in [6.07, 6.45) is -15.1. The molecule has 34 heavy (non-hydrogen) atoms. The SMILES string of the molecule is COC(=O)[C@@]1(OC[C@H]2O[C@H](OC)[C@H](O)[C@@H](O)[C@@H]2O)C[C@H](O)[C@@H](NC(C)=O)[C@H]([C@H](O)[C@H](O)CO)O1. The van der Waals surface area contributed by atoms with E-state index in [1.54, 1.807) is 0 Å². The van der Waals surface area contributed by atoms with Gasteiger partial charge in [0.25, 0.3) is 5.79 Å². The van der Waals surface area contributed by atoms with Gasteiger partial charge in [0, 0.05) is 20.5 Å². The molecule has 11 atom stereocenters. The molecule has 15 nitrogen and oxygen atoms in total. The van der Waals surface area contributed by atoms with Crippen LogP contribution in [-0.4, -0.2) is 142 Å². The minimum Gasteiger partial charge on any atom is -0.465 e. The van der Waals surface area contributed by atoms with Crippen LogP contribution in [0.4, 0.5) is 0 Å². The largest absolute Gasteiger partial charge is 0.465 e. The number of amides is 1. The Balaban J connectivity index is 2.33. The van der Waals surface area contributed by atoms with Gasteiger partial charge in [0.1, 0.15) is 42.7 Å². The van der Waals surface area contributed by atoms with E-state index < -0.39 is 98.5 Å². The molecule has 0 saturated carbocycles. The zero-order valence-corrected chi connectivity index (χ0v) is 18.9. The molecule has 0 unspecified atom stereocenters. The molecule has 0 aliphatic carbocycles. The van der Waals surface area contributed by atoms with Crippen LogP contribution >= 0.6 is 0 Å². The summed E-state index contributed by atoms with van der Waals surface area (Å²) < 4.78 is 26.2. The maximum atomic E-state index is 12.7. The van der Waals surface area contributed by atoms with Gasteiger partial charge in [0.05, 0.1) is 32.5 Å². The molecule has 15 heteroatoms. The van der Waals surface area contributed by atoms with Crippen LogP contribution in [0.3, 0.4) is 0 Å². The molecular weight excluding hydrogens is 466 g/mol. The summed E-state index contributed by atoms with van der Waals surface area (Å²) in [5.41, 5.74) is 0. The standard InChI is InChI=1S/C19H33NO14/c1-7(22)20-11-8(23)4-19(18(29)31-3,34-16(11)12(25)9(24)5-21)32-6-10-13(26)14(27)15(28)17(30-2)33-10/h8-17,21,23-28H,4-6H2,1-3H3,(H,20,22)/t8-,9+,10+,11+,12+,13+,14-,15+,16+,17-,19+/m0/s1. The van der Waals surface area contributed by atoms with E-state index in [4.69, 9.17) is 23.7 Å². The summed E-state index contributed by atoms with van der Waals surface area (Å²) >= 11 is 0. The second kappa shape index (κ2) is 12.0. The number of methoxy groups -OCH3 is 2. The maximum Gasteiger partial charge on any atom is 0.366 e. The van der Waals surface area contributed by atoms with Gasteiger partial charge in [0.2, 0.25) is 5.91 Å². The smallest absolute Gasteiger partial charge is 0.366 e. The lowest BCUT2D eigenvalue weighted by atomic mass is 9.88. The monoisotopic (exact) mass is 499 g/mol. The Bertz CT molecular complexity index is 694. The maximum absolute atomic E-state index is 12.7. The van der Waals surface area contributed by atoms with E-state index in [1.165, 1.54) is 7.11 Å². The van der Waals surface area contributed by atoms with E-state index in [2.05, 4.69) is 5.32 Å². The van der Waals surface area contributed by atoms with Gasteiger partial charge in [-0.1, -0.05) is 0 Å². The number of nitrogens with one attached hydrogen (secondary N) is 1. The summed E-state index contributed by atoms with van der Waals surface area (Å²) in [4.78, 5) is 24.3. The number of hydrogen-bond donors (Lipinski definition) is 8. The molecule has 0 aromatic rings. The van der Waals surface area contributed by atoms with Crippen LogP contribution in [0.5, 0.6) is 0 Å². The molecule has 0 spiro atoms. The van der Waals surface area contributed by atoms with Crippen LogP contribution in [0.2, 0.25) is 0 Å². The van der Waals surface area contributed by atoms with Crippen LogP contribution in [0.15, 0.2) is 0 Å². The first-order valence-electron chi connectivity index (χ1n) is 10.5. The van der Waals surface area contributed by atoms with Crippen LogP contribution in [0, 0.1) is 0 Å². The average Bonchev–Trinajstić information content (AvgIpc) is 2.81. The van der Waals surface area contributed by atoms with E-state index in [0.29, 0.717) is 0 Å². The van der Waals surface area contributed by atoms with E-state index in [9.17, 15) is 45.3 Å². The lowest BCUT2D eigenvalue weighted by Crippen LogP contribution is -2.68. The third kappa shape index (κ3) is 6.00. The molecule has 8 N–H and O–H groups in total. The quantitative estimate of drug-likeness (QED) is 0.138. The zero-order valence-electron chi connectivity index (χ0n) is 18.9. The molecule has 2 aliphatic heterocycles. The Labute approximate surface area is 194 Å². The number of rotatable bonds is 9. The van der Waals surface area contributed by atoms with Gasteiger partial charge in [-0.25, -0.2) is 4.79 Å². The van der Waals surface area contributed by atoms with Crippen LogP contribution in [0.25, 0.3) is 0 Å². The molecule has 1 amide bonds. The van der Waals surface area contributed by atoms with Gasteiger partial charge in [-0.15, -0.1) is 0 Å². The van der Waals surface area contributed by atoms with Crippen molar-refractivity contribution in [3.8, 4) is 0 Å². The summed E-state index contributed by atoms with van der Waals surface area (Å²) in [7, 11) is 2.18. The summed E-state index contributed by atoms with van der Waals surface area (Å²) in [5.74, 6) is -4.21. The topological polar surface area (TPSA) is 234 Å². The van der Waals surface area contributed by atoms with Crippen molar-refractivity contribution in [3.63, 3.8) is 0 Å². The molecule has 2 aliphatic rings. The number of aliphatic hydroxyl groups excluding tert-OH is 7. The van der Waals surface area contributed by atoms with Gasteiger partial charge < -0.3 is 64.7 Å². The van der Waals surface area contributed by atoms with Crippen molar-refractivity contribution in [2.24, 2.45) is 0 Å². The summed E-state index contributed by atoms with van der Waals surface area (Å²) in [6, 6.07) is -1.32. The molecular formula is C19H33NO14. The van der Waals surface area contributed by atoms with Crippen molar-refractivity contribution < 1.29 is 69.0 Å². The Morgan fingerprint density at radius 2 is 1.76 bits per heavy atom. The van der Waals surface area contributed by atoms with Crippen molar-refractivity contribution in [1.29, 1.82) is 0 Å². The van der Waals surface area contributed by atoms with E-state index in [0.717, 1.165) is 14.0 Å². The van der Waals surface area contributed by atoms with Gasteiger partial charge in [-0.05, 0) is 0 Å².